The number of methoxy groups -OCH3 is 3. The third-order valence-corrected chi connectivity index (χ3v) is 4.72. The third kappa shape index (κ3) is 3.31. The van der Waals surface area contributed by atoms with E-state index in [9.17, 15) is 20.0 Å². The Balaban J connectivity index is 2.08. The molecule has 0 radical (unpaired) electrons. The lowest BCUT2D eigenvalue weighted by Crippen LogP contribution is -2.34. The normalized spacial score (nSPS) is 15.6. The van der Waals surface area contributed by atoms with E-state index in [0.29, 0.717) is 22.6 Å². The molecule has 0 fully saturated rings. The second-order valence-electron chi connectivity index (χ2n) is 6.21. The van der Waals surface area contributed by atoms with Crippen LogP contribution in [0.3, 0.4) is 0 Å². The lowest BCUT2D eigenvalue weighted by Gasteiger charge is -2.35. The Labute approximate surface area is 161 Å². The van der Waals surface area contributed by atoms with Crippen molar-refractivity contribution in [3.63, 3.8) is 0 Å². The van der Waals surface area contributed by atoms with Crippen LogP contribution in [0.5, 0.6) is 11.5 Å². The summed E-state index contributed by atoms with van der Waals surface area (Å²) in [7, 11) is 4.23. The molecule has 1 heterocycles. The van der Waals surface area contributed by atoms with E-state index < -0.39 is 17.0 Å². The quantitative estimate of drug-likeness (QED) is 0.472. The Morgan fingerprint density at radius 1 is 1.18 bits per heavy atom. The molecule has 3 rings (SSSR count). The van der Waals surface area contributed by atoms with E-state index >= 15 is 0 Å². The molecule has 1 atom stereocenters. The number of benzene rings is 2. The molecule has 0 spiro atoms. The van der Waals surface area contributed by atoms with E-state index in [-0.39, 0.29) is 30.0 Å². The maximum absolute atomic E-state index is 11.7. The van der Waals surface area contributed by atoms with Crippen LogP contribution in [0.1, 0.15) is 27.6 Å². The molecule has 28 heavy (non-hydrogen) atoms. The van der Waals surface area contributed by atoms with Gasteiger partial charge < -0.3 is 24.2 Å². The minimum Gasteiger partial charge on any atom is -0.496 e. The highest BCUT2D eigenvalue weighted by Crippen LogP contribution is 2.42. The van der Waals surface area contributed by atoms with Gasteiger partial charge in [0.15, 0.2) is 0 Å². The number of rotatable bonds is 5. The first-order chi connectivity index (χ1) is 13.4. The molecule has 1 N–H and O–H groups in total. The van der Waals surface area contributed by atoms with Crippen LogP contribution in [-0.4, -0.2) is 43.9 Å². The lowest BCUT2D eigenvalue weighted by atomic mass is 9.94. The van der Waals surface area contributed by atoms with Gasteiger partial charge in [0, 0.05) is 30.3 Å². The molecule has 9 heteroatoms. The lowest BCUT2D eigenvalue weighted by molar-refractivity contribution is -0.384. The number of hydrogen-bond donors (Lipinski definition) is 1. The van der Waals surface area contributed by atoms with Crippen LogP contribution in [0.2, 0.25) is 0 Å². The Bertz CT molecular complexity index is 929. The molecular formula is C19H20N2O7. The van der Waals surface area contributed by atoms with Crippen molar-refractivity contribution in [3.05, 3.63) is 57.1 Å². The fourth-order valence-electron chi connectivity index (χ4n) is 3.44. The number of carbonyl (C=O) groups excluding carboxylic acids is 1. The van der Waals surface area contributed by atoms with Crippen molar-refractivity contribution < 1.29 is 29.0 Å². The molecule has 1 unspecified atom stereocenters. The summed E-state index contributed by atoms with van der Waals surface area (Å²) in [6.07, 6.45) is -0.936. The van der Waals surface area contributed by atoms with E-state index in [1.165, 1.54) is 39.5 Å². The van der Waals surface area contributed by atoms with Gasteiger partial charge in [0.1, 0.15) is 23.3 Å². The second kappa shape index (κ2) is 7.73. The monoisotopic (exact) mass is 388 g/mol. The summed E-state index contributed by atoms with van der Waals surface area (Å²) in [6.45, 7) is 0.389. The minimum absolute atomic E-state index is 0.0788. The van der Waals surface area contributed by atoms with Gasteiger partial charge in [-0.2, -0.15) is 0 Å². The van der Waals surface area contributed by atoms with Gasteiger partial charge in [0.2, 0.25) is 0 Å². The predicted octanol–water partition coefficient (Wildman–Crippen LogP) is 2.45. The number of nitrogens with zero attached hydrogens (tertiary/aromatic N) is 2. The van der Waals surface area contributed by atoms with Crippen LogP contribution >= 0.6 is 0 Å². The number of anilines is 1. The molecule has 1 aliphatic heterocycles. The van der Waals surface area contributed by atoms with Crippen molar-refractivity contribution in [2.45, 2.75) is 12.6 Å². The highest BCUT2D eigenvalue weighted by atomic mass is 16.6. The van der Waals surface area contributed by atoms with Crippen molar-refractivity contribution >= 4 is 17.3 Å². The Morgan fingerprint density at radius 2 is 1.86 bits per heavy atom. The number of ether oxygens (including phenoxy) is 3. The van der Waals surface area contributed by atoms with Crippen molar-refractivity contribution in [1.82, 2.24) is 0 Å². The first-order valence-corrected chi connectivity index (χ1v) is 8.44. The topological polar surface area (TPSA) is 111 Å². The summed E-state index contributed by atoms with van der Waals surface area (Å²) in [5.41, 5.74) is 1.40. The molecule has 148 valence electrons. The van der Waals surface area contributed by atoms with Crippen LogP contribution in [0.15, 0.2) is 30.3 Å². The summed E-state index contributed by atoms with van der Waals surface area (Å²) in [5, 5.41) is 22.3. The standard InChI is InChI=1S/C19H20N2O7/c1-26-16-6-7-17(27-2)18-12(16)9-20(10-15(18)22)13-5-4-11(19(23)28-3)8-14(13)21(24)25/h4-8,15,22H,9-10H2,1-3H3. The molecule has 1 aliphatic rings. The average Bonchev–Trinajstić information content (AvgIpc) is 2.71. The summed E-state index contributed by atoms with van der Waals surface area (Å²) in [6, 6.07) is 7.55. The van der Waals surface area contributed by atoms with Gasteiger partial charge in [-0.05, 0) is 24.3 Å². The predicted molar refractivity (Wildman–Crippen MR) is 100.0 cm³/mol. The Kier molecular flexibility index (Phi) is 5.36. The zero-order chi connectivity index (χ0) is 20.4. The van der Waals surface area contributed by atoms with Crippen LogP contribution < -0.4 is 14.4 Å². The van der Waals surface area contributed by atoms with E-state index in [2.05, 4.69) is 4.74 Å². The first-order valence-electron chi connectivity index (χ1n) is 8.44. The molecule has 0 saturated carbocycles. The van der Waals surface area contributed by atoms with Crippen LogP contribution in [0, 0.1) is 10.1 Å². The number of β-amino-alcohol motifs (C(OH)–C–C–N with tert-alkyl or cyclic N) is 1. The van der Waals surface area contributed by atoms with Gasteiger partial charge >= 0.3 is 5.97 Å². The Morgan fingerprint density at radius 3 is 2.46 bits per heavy atom. The van der Waals surface area contributed by atoms with Gasteiger partial charge in [0.05, 0.1) is 31.8 Å². The number of nitro groups is 1. The minimum atomic E-state index is -0.936. The molecular weight excluding hydrogens is 368 g/mol. The molecule has 0 saturated heterocycles. The fraction of sp³-hybridized carbons (Fsp3) is 0.316. The molecule has 2 aromatic carbocycles. The molecule has 0 aliphatic carbocycles. The number of hydrogen-bond acceptors (Lipinski definition) is 8. The second-order valence-corrected chi connectivity index (χ2v) is 6.21. The van der Waals surface area contributed by atoms with Gasteiger partial charge in [-0.1, -0.05) is 0 Å². The molecule has 0 aromatic heterocycles. The highest BCUT2D eigenvalue weighted by molar-refractivity contribution is 5.91. The van der Waals surface area contributed by atoms with E-state index in [1.807, 2.05) is 0 Å². The summed E-state index contributed by atoms with van der Waals surface area (Å²) < 4.78 is 15.4. The van der Waals surface area contributed by atoms with E-state index in [4.69, 9.17) is 9.47 Å². The van der Waals surface area contributed by atoms with Crippen LogP contribution in [-0.2, 0) is 11.3 Å². The summed E-state index contributed by atoms with van der Waals surface area (Å²) >= 11 is 0. The van der Waals surface area contributed by atoms with E-state index in [0.717, 1.165) is 0 Å². The number of esters is 1. The molecule has 0 bridgehead atoms. The number of aliphatic hydroxyl groups excluding tert-OH is 1. The zero-order valence-electron chi connectivity index (χ0n) is 15.7. The van der Waals surface area contributed by atoms with Crippen molar-refractivity contribution in [2.75, 3.05) is 32.8 Å². The third-order valence-electron chi connectivity index (χ3n) is 4.72. The maximum Gasteiger partial charge on any atom is 0.338 e. The fourth-order valence-corrected chi connectivity index (χ4v) is 3.44. The number of aliphatic hydroxyl groups is 1. The average molecular weight is 388 g/mol. The van der Waals surface area contributed by atoms with Gasteiger partial charge in [0.25, 0.3) is 5.69 Å². The number of carbonyl (C=O) groups is 1. The van der Waals surface area contributed by atoms with Gasteiger partial charge in [-0.3, -0.25) is 10.1 Å². The summed E-state index contributed by atoms with van der Waals surface area (Å²) in [4.78, 5) is 24.4. The van der Waals surface area contributed by atoms with Gasteiger partial charge in [-0.25, -0.2) is 4.79 Å². The van der Waals surface area contributed by atoms with Crippen molar-refractivity contribution in [1.29, 1.82) is 0 Å². The number of fused-ring (bicyclic) bond motifs is 1. The zero-order valence-corrected chi connectivity index (χ0v) is 15.7. The van der Waals surface area contributed by atoms with Crippen molar-refractivity contribution in [3.8, 4) is 11.5 Å². The Hall–Kier alpha value is -3.33. The van der Waals surface area contributed by atoms with Crippen LogP contribution in [0.4, 0.5) is 11.4 Å². The maximum atomic E-state index is 11.7. The summed E-state index contributed by atoms with van der Waals surface area (Å²) in [5.74, 6) is 0.414. The molecule has 2 aromatic rings. The van der Waals surface area contributed by atoms with E-state index in [1.54, 1.807) is 17.0 Å². The SMILES string of the molecule is COC(=O)c1ccc(N2Cc3c(OC)ccc(OC)c3C(O)C2)c([N+](=O)[O-])c1. The first kappa shape index (κ1) is 19.4. The van der Waals surface area contributed by atoms with Crippen LogP contribution in [0.25, 0.3) is 0 Å². The van der Waals surface area contributed by atoms with Gasteiger partial charge in [-0.15, -0.1) is 0 Å². The molecule has 0 amide bonds. The largest absolute Gasteiger partial charge is 0.496 e. The number of nitro benzene ring substituents is 1. The van der Waals surface area contributed by atoms with Crippen molar-refractivity contribution in [2.24, 2.45) is 0 Å². The molecule has 9 nitrogen and oxygen atoms in total. The smallest absolute Gasteiger partial charge is 0.338 e. The highest BCUT2D eigenvalue weighted by Gasteiger charge is 2.32.